The van der Waals surface area contributed by atoms with Crippen LogP contribution in [0.25, 0.3) is 11.3 Å². The number of rotatable bonds is 3. The van der Waals surface area contributed by atoms with E-state index < -0.39 is 0 Å². The first-order chi connectivity index (χ1) is 10.2. The molecule has 0 unspecified atom stereocenters. The average Bonchev–Trinajstić information content (AvgIpc) is 2.95. The Morgan fingerprint density at radius 2 is 2.00 bits per heavy atom. The quantitative estimate of drug-likeness (QED) is 0.800. The molecule has 0 fully saturated rings. The van der Waals surface area contributed by atoms with E-state index in [4.69, 9.17) is 0 Å². The van der Waals surface area contributed by atoms with Crippen LogP contribution in [0.4, 0.5) is 5.69 Å². The van der Waals surface area contributed by atoms with Crippen molar-refractivity contribution in [1.82, 2.24) is 9.97 Å². The highest BCUT2D eigenvalue weighted by Gasteiger charge is 2.07. The molecule has 3 aromatic rings. The van der Waals surface area contributed by atoms with Gasteiger partial charge in [-0.05, 0) is 31.2 Å². The summed E-state index contributed by atoms with van der Waals surface area (Å²) >= 11 is 1.61. The minimum atomic E-state index is -0.149. The molecule has 0 bridgehead atoms. The van der Waals surface area contributed by atoms with Crippen molar-refractivity contribution in [2.75, 3.05) is 5.32 Å². The average molecular weight is 295 g/mol. The first-order valence-electron chi connectivity index (χ1n) is 6.46. The van der Waals surface area contributed by atoms with Crippen LogP contribution < -0.4 is 5.32 Å². The lowest BCUT2D eigenvalue weighted by molar-refractivity contribution is 0.102. The highest BCUT2D eigenvalue weighted by Crippen LogP contribution is 2.24. The third kappa shape index (κ3) is 3.14. The van der Waals surface area contributed by atoms with Crippen LogP contribution in [0, 0.1) is 6.92 Å². The number of anilines is 1. The number of amides is 1. The number of carbonyl (C=O) groups excluding carboxylic acids is 1. The monoisotopic (exact) mass is 295 g/mol. The van der Waals surface area contributed by atoms with Crippen molar-refractivity contribution in [3.8, 4) is 11.3 Å². The molecule has 0 spiro atoms. The maximum absolute atomic E-state index is 12.1. The molecule has 2 aromatic heterocycles. The van der Waals surface area contributed by atoms with E-state index in [2.05, 4.69) is 15.3 Å². The standard InChI is InChI=1S/C16H13N3OS/c1-11-18-15(10-21-11)13-3-2-4-14(9-13)19-16(20)12-5-7-17-8-6-12/h2-10H,1H3,(H,19,20). The molecule has 0 aliphatic heterocycles. The Bertz CT molecular complexity index is 768. The Kier molecular flexibility index (Phi) is 3.75. The Hall–Kier alpha value is -2.53. The van der Waals surface area contributed by atoms with Gasteiger partial charge in [0.05, 0.1) is 10.7 Å². The van der Waals surface area contributed by atoms with E-state index in [0.717, 1.165) is 22.0 Å². The van der Waals surface area contributed by atoms with Gasteiger partial charge in [0, 0.05) is 34.6 Å². The van der Waals surface area contributed by atoms with Crippen LogP contribution >= 0.6 is 11.3 Å². The topological polar surface area (TPSA) is 54.9 Å². The summed E-state index contributed by atoms with van der Waals surface area (Å²) in [6, 6.07) is 11.0. The second kappa shape index (κ2) is 5.85. The SMILES string of the molecule is Cc1nc(-c2cccc(NC(=O)c3ccncc3)c2)cs1. The molecule has 0 saturated carbocycles. The van der Waals surface area contributed by atoms with E-state index in [-0.39, 0.29) is 5.91 Å². The molecule has 3 rings (SSSR count). The fourth-order valence-corrected chi connectivity index (χ4v) is 2.58. The maximum atomic E-state index is 12.1. The first-order valence-corrected chi connectivity index (χ1v) is 7.34. The normalized spacial score (nSPS) is 10.3. The van der Waals surface area contributed by atoms with Crippen LogP contribution in [0.3, 0.4) is 0 Å². The number of hydrogen-bond donors (Lipinski definition) is 1. The Labute approximate surface area is 126 Å². The van der Waals surface area contributed by atoms with E-state index in [1.807, 2.05) is 36.6 Å². The lowest BCUT2D eigenvalue weighted by Gasteiger charge is -2.06. The molecule has 21 heavy (non-hydrogen) atoms. The number of nitrogens with one attached hydrogen (secondary N) is 1. The van der Waals surface area contributed by atoms with Gasteiger partial charge in [-0.1, -0.05) is 12.1 Å². The molecular weight excluding hydrogens is 282 g/mol. The van der Waals surface area contributed by atoms with Crippen molar-refractivity contribution < 1.29 is 4.79 Å². The largest absolute Gasteiger partial charge is 0.322 e. The third-order valence-corrected chi connectivity index (χ3v) is 3.75. The van der Waals surface area contributed by atoms with Crippen LogP contribution in [0.15, 0.2) is 54.2 Å². The van der Waals surface area contributed by atoms with E-state index in [0.29, 0.717) is 5.56 Å². The molecule has 4 nitrogen and oxygen atoms in total. The van der Waals surface area contributed by atoms with Crippen molar-refractivity contribution in [1.29, 1.82) is 0 Å². The van der Waals surface area contributed by atoms with Gasteiger partial charge in [0.1, 0.15) is 0 Å². The van der Waals surface area contributed by atoms with Crippen molar-refractivity contribution in [2.45, 2.75) is 6.92 Å². The number of pyridine rings is 1. The molecular formula is C16H13N3OS. The maximum Gasteiger partial charge on any atom is 0.255 e. The molecule has 0 radical (unpaired) electrons. The van der Waals surface area contributed by atoms with E-state index in [1.165, 1.54) is 0 Å². The Balaban J connectivity index is 1.82. The van der Waals surface area contributed by atoms with Gasteiger partial charge in [0.2, 0.25) is 0 Å². The number of benzene rings is 1. The number of hydrogen-bond acceptors (Lipinski definition) is 4. The number of nitrogens with zero attached hydrogens (tertiary/aromatic N) is 2. The first kappa shape index (κ1) is 13.5. The molecule has 2 heterocycles. The number of carbonyl (C=O) groups is 1. The summed E-state index contributed by atoms with van der Waals surface area (Å²) in [4.78, 5) is 20.5. The summed E-state index contributed by atoms with van der Waals surface area (Å²) in [5.41, 5.74) is 3.25. The molecule has 0 aliphatic rings. The van der Waals surface area contributed by atoms with Gasteiger partial charge in [-0.3, -0.25) is 9.78 Å². The van der Waals surface area contributed by atoms with E-state index in [1.54, 1.807) is 35.9 Å². The van der Waals surface area contributed by atoms with Gasteiger partial charge in [-0.15, -0.1) is 11.3 Å². The zero-order chi connectivity index (χ0) is 14.7. The van der Waals surface area contributed by atoms with Gasteiger partial charge < -0.3 is 5.32 Å². The minimum absolute atomic E-state index is 0.149. The second-order valence-electron chi connectivity index (χ2n) is 4.52. The highest BCUT2D eigenvalue weighted by molar-refractivity contribution is 7.09. The molecule has 0 aliphatic carbocycles. The van der Waals surface area contributed by atoms with Gasteiger partial charge in [0.25, 0.3) is 5.91 Å². The van der Waals surface area contributed by atoms with Crippen molar-refractivity contribution >= 4 is 22.9 Å². The third-order valence-electron chi connectivity index (χ3n) is 2.98. The number of aromatic nitrogens is 2. The molecule has 0 atom stereocenters. The summed E-state index contributed by atoms with van der Waals surface area (Å²) in [6.07, 6.45) is 3.20. The van der Waals surface area contributed by atoms with Crippen molar-refractivity contribution in [3.05, 3.63) is 64.7 Å². The van der Waals surface area contributed by atoms with E-state index in [9.17, 15) is 4.79 Å². The van der Waals surface area contributed by atoms with Crippen molar-refractivity contribution in [2.24, 2.45) is 0 Å². The Morgan fingerprint density at radius 3 is 2.71 bits per heavy atom. The predicted molar refractivity (Wildman–Crippen MR) is 84.5 cm³/mol. The smallest absolute Gasteiger partial charge is 0.255 e. The fourth-order valence-electron chi connectivity index (χ4n) is 1.96. The molecule has 1 aromatic carbocycles. The van der Waals surface area contributed by atoms with Gasteiger partial charge >= 0.3 is 0 Å². The van der Waals surface area contributed by atoms with Crippen LogP contribution in [0.1, 0.15) is 15.4 Å². The lowest BCUT2D eigenvalue weighted by atomic mass is 10.1. The predicted octanol–water partition coefficient (Wildman–Crippen LogP) is 3.77. The van der Waals surface area contributed by atoms with Crippen molar-refractivity contribution in [3.63, 3.8) is 0 Å². The molecule has 5 heteroatoms. The fraction of sp³-hybridized carbons (Fsp3) is 0.0625. The van der Waals surface area contributed by atoms with Crippen LogP contribution in [-0.4, -0.2) is 15.9 Å². The number of aryl methyl sites for hydroxylation is 1. The van der Waals surface area contributed by atoms with Crippen LogP contribution in [0.5, 0.6) is 0 Å². The van der Waals surface area contributed by atoms with Crippen LogP contribution in [-0.2, 0) is 0 Å². The van der Waals surface area contributed by atoms with Gasteiger partial charge in [0.15, 0.2) is 0 Å². The zero-order valence-electron chi connectivity index (χ0n) is 11.4. The van der Waals surface area contributed by atoms with Gasteiger partial charge in [-0.25, -0.2) is 4.98 Å². The highest BCUT2D eigenvalue weighted by atomic mass is 32.1. The molecule has 1 N–H and O–H groups in total. The second-order valence-corrected chi connectivity index (χ2v) is 5.58. The summed E-state index contributed by atoms with van der Waals surface area (Å²) in [5.74, 6) is -0.149. The number of thiazole rings is 1. The van der Waals surface area contributed by atoms with Crippen LogP contribution in [0.2, 0.25) is 0 Å². The summed E-state index contributed by atoms with van der Waals surface area (Å²) in [7, 11) is 0. The molecule has 104 valence electrons. The summed E-state index contributed by atoms with van der Waals surface area (Å²) < 4.78 is 0. The molecule has 0 saturated heterocycles. The lowest BCUT2D eigenvalue weighted by Crippen LogP contribution is -2.11. The minimum Gasteiger partial charge on any atom is -0.322 e. The molecule has 1 amide bonds. The van der Waals surface area contributed by atoms with E-state index >= 15 is 0 Å². The van der Waals surface area contributed by atoms with Gasteiger partial charge in [-0.2, -0.15) is 0 Å². The summed E-state index contributed by atoms with van der Waals surface area (Å²) in [5, 5.41) is 5.92. The Morgan fingerprint density at radius 1 is 1.19 bits per heavy atom. The summed E-state index contributed by atoms with van der Waals surface area (Å²) in [6.45, 7) is 1.98. The zero-order valence-corrected chi connectivity index (χ0v) is 12.2.